The number of halogens is 1. The van der Waals surface area contributed by atoms with E-state index < -0.39 is 0 Å². The minimum absolute atomic E-state index is 0.800. The molecule has 1 aromatic heterocycles. The summed E-state index contributed by atoms with van der Waals surface area (Å²) in [4.78, 5) is 9.33. The Morgan fingerprint density at radius 3 is 2.45 bits per heavy atom. The van der Waals surface area contributed by atoms with Gasteiger partial charge in [-0.1, -0.05) is 35.0 Å². The second-order valence-electron chi connectivity index (χ2n) is 4.81. The molecule has 0 saturated heterocycles. The normalized spacial score (nSPS) is 10.8. The number of nitrogens with one attached hydrogen (secondary N) is 1. The fraction of sp³-hybridized carbons (Fsp3) is 0.375. The Kier molecular flexibility index (Phi) is 5.26. The molecule has 0 aliphatic carbocycles. The SMILES string of the molecule is CCNCCc1c(C)nc(-c2cccc(Br)c2)nc1C. The lowest BCUT2D eigenvalue weighted by molar-refractivity contribution is 0.708. The molecule has 1 aromatic carbocycles. The Balaban J connectivity index is 2.30. The van der Waals surface area contributed by atoms with Crippen molar-refractivity contribution >= 4 is 15.9 Å². The van der Waals surface area contributed by atoms with Crippen molar-refractivity contribution in [3.8, 4) is 11.4 Å². The van der Waals surface area contributed by atoms with Gasteiger partial charge in [-0.2, -0.15) is 0 Å². The van der Waals surface area contributed by atoms with Crippen molar-refractivity contribution in [3.05, 3.63) is 45.7 Å². The Bertz CT molecular complexity index is 573. The smallest absolute Gasteiger partial charge is 0.159 e. The minimum atomic E-state index is 0.800. The van der Waals surface area contributed by atoms with Crippen LogP contribution in [0.3, 0.4) is 0 Å². The summed E-state index contributed by atoms with van der Waals surface area (Å²) in [7, 11) is 0. The molecule has 1 heterocycles. The first-order valence-electron chi connectivity index (χ1n) is 6.92. The second kappa shape index (κ2) is 6.95. The van der Waals surface area contributed by atoms with Gasteiger partial charge in [0.15, 0.2) is 5.82 Å². The number of hydrogen-bond acceptors (Lipinski definition) is 3. The lowest BCUT2D eigenvalue weighted by atomic mass is 10.1. The molecule has 0 unspecified atom stereocenters. The van der Waals surface area contributed by atoms with Gasteiger partial charge < -0.3 is 5.32 Å². The third-order valence-electron chi connectivity index (χ3n) is 3.31. The summed E-state index contributed by atoms with van der Waals surface area (Å²) in [5.74, 6) is 0.800. The summed E-state index contributed by atoms with van der Waals surface area (Å²) in [6, 6.07) is 8.10. The number of aromatic nitrogens is 2. The first-order valence-corrected chi connectivity index (χ1v) is 7.72. The van der Waals surface area contributed by atoms with Crippen LogP contribution in [0.2, 0.25) is 0 Å². The zero-order valence-corrected chi connectivity index (χ0v) is 13.8. The van der Waals surface area contributed by atoms with E-state index >= 15 is 0 Å². The summed E-state index contributed by atoms with van der Waals surface area (Å²) in [5.41, 5.74) is 4.45. The van der Waals surface area contributed by atoms with E-state index in [4.69, 9.17) is 0 Å². The maximum Gasteiger partial charge on any atom is 0.159 e. The van der Waals surface area contributed by atoms with Crippen LogP contribution in [-0.2, 0) is 6.42 Å². The van der Waals surface area contributed by atoms with Crippen molar-refractivity contribution in [1.82, 2.24) is 15.3 Å². The Morgan fingerprint density at radius 2 is 1.85 bits per heavy atom. The zero-order chi connectivity index (χ0) is 14.5. The average molecular weight is 334 g/mol. The molecule has 0 bridgehead atoms. The van der Waals surface area contributed by atoms with E-state index in [9.17, 15) is 0 Å². The van der Waals surface area contributed by atoms with Gasteiger partial charge in [0.05, 0.1) is 0 Å². The molecule has 0 aliphatic heterocycles. The first-order chi connectivity index (χ1) is 9.61. The van der Waals surface area contributed by atoms with Crippen molar-refractivity contribution in [2.45, 2.75) is 27.2 Å². The quantitative estimate of drug-likeness (QED) is 0.848. The van der Waals surface area contributed by atoms with E-state index in [2.05, 4.69) is 52.0 Å². The van der Waals surface area contributed by atoms with Gasteiger partial charge in [-0.25, -0.2) is 9.97 Å². The van der Waals surface area contributed by atoms with Crippen LogP contribution in [0.5, 0.6) is 0 Å². The van der Waals surface area contributed by atoms with Gasteiger partial charge in [0.2, 0.25) is 0 Å². The predicted octanol–water partition coefficient (Wildman–Crippen LogP) is 3.67. The van der Waals surface area contributed by atoms with Crippen molar-refractivity contribution in [3.63, 3.8) is 0 Å². The summed E-state index contributed by atoms with van der Waals surface area (Å²) in [6.07, 6.45) is 0.976. The predicted molar refractivity (Wildman–Crippen MR) is 86.9 cm³/mol. The number of benzene rings is 1. The van der Waals surface area contributed by atoms with E-state index in [1.165, 1.54) is 5.56 Å². The molecule has 20 heavy (non-hydrogen) atoms. The summed E-state index contributed by atoms with van der Waals surface area (Å²) in [5, 5.41) is 3.34. The molecule has 106 valence electrons. The van der Waals surface area contributed by atoms with Crippen LogP contribution in [0.1, 0.15) is 23.9 Å². The van der Waals surface area contributed by atoms with Gasteiger partial charge in [-0.3, -0.25) is 0 Å². The average Bonchev–Trinajstić information content (AvgIpc) is 2.41. The van der Waals surface area contributed by atoms with E-state index in [-0.39, 0.29) is 0 Å². The molecule has 3 nitrogen and oxygen atoms in total. The van der Waals surface area contributed by atoms with Crippen LogP contribution < -0.4 is 5.32 Å². The number of aryl methyl sites for hydroxylation is 2. The third-order valence-corrected chi connectivity index (χ3v) is 3.80. The molecule has 0 atom stereocenters. The fourth-order valence-electron chi connectivity index (χ4n) is 2.25. The molecular formula is C16H20BrN3. The monoisotopic (exact) mass is 333 g/mol. The minimum Gasteiger partial charge on any atom is -0.317 e. The molecular weight excluding hydrogens is 314 g/mol. The molecule has 0 amide bonds. The van der Waals surface area contributed by atoms with E-state index in [0.29, 0.717) is 0 Å². The van der Waals surface area contributed by atoms with Gasteiger partial charge >= 0.3 is 0 Å². The maximum atomic E-state index is 4.66. The Morgan fingerprint density at radius 1 is 1.15 bits per heavy atom. The molecule has 1 N–H and O–H groups in total. The van der Waals surface area contributed by atoms with Gasteiger partial charge in [0.1, 0.15) is 0 Å². The van der Waals surface area contributed by atoms with Gasteiger partial charge in [-0.05, 0) is 51.1 Å². The summed E-state index contributed by atoms with van der Waals surface area (Å²) < 4.78 is 1.05. The molecule has 0 saturated carbocycles. The van der Waals surface area contributed by atoms with Crippen molar-refractivity contribution in [1.29, 1.82) is 0 Å². The maximum absolute atomic E-state index is 4.66. The lowest BCUT2D eigenvalue weighted by Gasteiger charge is -2.11. The fourth-order valence-corrected chi connectivity index (χ4v) is 2.65. The molecule has 2 rings (SSSR count). The van der Waals surface area contributed by atoms with E-state index in [1.807, 2.05) is 24.3 Å². The van der Waals surface area contributed by atoms with Crippen LogP contribution in [0, 0.1) is 13.8 Å². The van der Waals surface area contributed by atoms with Crippen molar-refractivity contribution < 1.29 is 0 Å². The standard InChI is InChI=1S/C16H20BrN3/c1-4-18-9-8-15-11(2)19-16(20-12(15)3)13-6-5-7-14(17)10-13/h5-7,10,18H,4,8-9H2,1-3H3. The molecule has 2 aromatic rings. The van der Waals surface area contributed by atoms with Crippen molar-refractivity contribution in [2.75, 3.05) is 13.1 Å². The Hall–Kier alpha value is -1.26. The second-order valence-corrected chi connectivity index (χ2v) is 5.73. The van der Waals surface area contributed by atoms with Crippen LogP contribution in [-0.4, -0.2) is 23.1 Å². The van der Waals surface area contributed by atoms with E-state index in [0.717, 1.165) is 46.8 Å². The molecule has 4 heteroatoms. The number of hydrogen-bond donors (Lipinski definition) is 1. The van der Waals surface area contributed by atoms with Crippen LogP contribution in [0.25, 0.3) is 11.4 Å². The number of nitrogens with zero attached hydrogens (tertiary/aromatic N) is 2. The molecule has 0 radical (unpaired) electrons. The highest BCUT2D eigenvalue weighted by molar-refractivity contribution is 9.10. The van der Waals surface area contributed by atoms with Gasteiger partial charge in [0, 0.05) is 21.4 Å². The molecule has 0 fully saturated rings. The van der Waals surface area contributed by atoms with Crippen LogP contribution in [0.15, 0.2) is 28.7 Å². The van der Waals surface area contributed by atoms with Gasteiger partial charge in [0.25, 0.3) is 0 Å². The largest absolute Gasteiger partial charge is 0.317 e. The topological polar surface area (TPSA) is 37.8 Å². The number of likely N-dealkylation sites (N-methyl/N-ethyl adjacent to an activating group) is 1. The lowest BCUT2D eigenvalue weighted by Crippen LogP contribution is -2.17. The molecule has 0 aliphatic rings. The third kappa shape index (κ3) is 3.64. The Labute approximate surface area is 129 Å². The highest BCUT2D eigenvalue weighted by Crippen LogP contribution is 2.22. The first kappa shape index (κ1) is 15.1. The number of rotatable bonds is 5. The molecule has 0 spiro atoms. The van der Waals surface area contributed by atoms with Crippen LogP contribution in [0.4, 0.5) is 0 Å². The highest BCUT2D eigenvalue weighted by atomic mass is 79.9. The van der Waals surface area contributed by atoms with Crippen LogP contribution >= 0.6 is 15.9 Å². The van der Waals surface area contributed by atoms with Crippen molar-refractivity contribution in [2.24, 2.45) is 0 Å². The summed E-state index contributed by atoms with van der Waals surface area (Å²) >= 11 is 3.49. The van der Waals surface area contributed by atoms with Gasteiger partial charge in [-0.15, -0.1) is 0 Å². The highest BCUT2D eigenvalue weighted by Gasteiger charge is 2.09. The van der Waals surface area contributed by atoms with E-state index in [1.54, 1.807) is 0 Å². The zero-order valence-electron chi connectivity index (χ0n) is 12.2. The summed E-state index contributed by atoms with van der Waals surface area (Å²) in [6.45, 7) is 8.22.